The molecule has 3 aromatic carbocycles. The van der Waals surface area contributed by atoms with Crippen LogP contribution in [0.5, 0.6) is 11.5 Å². The minimum Gasteiger partial charge on any atom is -0.493 e. The summed E-state index contributed by atoms with van der Waals surface area (Å²) in [5, 5.41) is 0. The molecule has 1 amide bonds. The number of carbonyl (C=O) groups excluding carboxylic acids is 1. The predicted octanol–water partition coefficient (Wildman–Crippen LogP) is 6.26. The first kappa shape index (κ1) is 23.3. The van der Waals surface area contributed by atoms with Crippen molar-refractivity contribution in [1.29, 1.82) is 0 Å². The third-order valence-electron chi connectivity index (χ3n) is 5.62. The van der Waals surface area contributed by atoms with Crippen molar-refractivity contribution in [2.24, 2.45) is 4.99 Å². The molecule has 0 N–H and O–H groups in total. The van der Waals surface area contributed by atoms with Crippen molar-refractivity contribution in [3.05, 3.63) is 87.0 Å². The fourth-order valence-electron chi connectivity index (χ4n) is 3.74. The zero-order chi connectivity index (χ0) is 23.0. The molecule has 33 heavy (non-hydrogen) atoms. The Kier molecular flexibility index (Phi) is 7.99. The number of methoxy groups -OCH3 is 1. The SMILES string of the molecule is COc1cc(C=Nc2ccc(I)cc2)ccc1OCc1ccc(C(=O)N2CCCCC2)cc1. The van der Waals surface area contributed by atoms with Gasteiger partial charge >= 0.3 is 0 Å². The van der Waals surface area contributed by atoms with E-state index >= 15 is 0 Å². The molecule has 0 saturated carbocycles. The van der Waals surface area contributed by atoms with Gasteiger partial charge in [0.1, 0.15) is 6.61 Å². The average Bonchev–Trinajstić information content (AvgIpc) is 2.87. The minimum atomic E-state index is 0.117. The van der Waals surface area contributed by atoms with E-state index in [9.17, 15) is 4.79 Å². The number of carbonyl (C=O) groups is 1. The molecule has 3 aromatic rings. The number of benzene rings is 3. The zero-order valence-electron chi connectivity index (χ0n) is 18.7. The van der Waals surface area contributed by atoms with Crippen LogP contribution in [0.4, 0.5) is 5.69 Å². The van der Waals surface area contributed by atoms with Crippen LogP contribution in [0, 0.1) is 3.57 Å². The van der Waals surface area contributed by atoms with Crippen molar-refractivity contribution in [2.75, 3.05) is 20.2 Å². The van der Waals surface area contributed by atoms with Crippen LogP contribution in [0.15, 0.2) is 71.7 Å². The molecule has 0 aliphatic carbocycles. The van der Waals surface area contributed by atoms with Crippen LogP contribution in [-0.2, 0) is 6.61 Å². The van der Waals surface area contributed by atoms with E-state index in [4.69, 9.17) is 9.47 Å². The summed E-state index contributed by atoms with van der Waals surface area (Å²) in [6, 6.07) is 21.5. The number of hydrogen-bond acceptors (Lipinski definition) is 4. The lowest BCUT2D eigenvalue weighted by molar-refractivity contribution is 0.0724. The summed E-state index contributed by atoms with van der Waals surface area (Å²) in [6.45, 7) is 2.11. The van der Waals surface area contributed by atoms with Crippen molar-refractivity contribution < 1.29 is 14.3 Å². The Morgan fingerprint density at radius 1 is 0.970 bits per heavy atom. The first-order chi connectivity index (χ1) is 16.1. The Morgan fingerprint density at radius 3 is 2.39 bits per heavy atom. The highest BCUT2D eigenvalue weighted by molar-refractivity contribution is 14.1. The number of nitrogens with zero attached hydrogens (tertiary/aromatic N) is 2. The topological polar surface area (TPSA) is 51.1 Å². The summed E-state index contributed by atoms with van der Waals surface area (Å²) in [5.74, 6) is 1.43. The number of halogens is 1. The van der Waals surface area contributed by atoms with Crippen LogP contribution in [0.3, 0.4) is 0 Å². The molecular formula is C27H27IN2O3. The second-order valence-corrected chi connectivity index (χ2v) is 9.23. The highest BCUT2D eigenvalue weighted by Gasteiger charge is 2.18. The number of piperidine rings is 1. The van der Waals surface area contributed by atoms with E-state index in [-0.39, 0.29) is 5.91 Å². The Morgan fingerprint density at radius 2 is 1.70 bits per heavy atom. The summed E-state index contributed by atoms with van der Waals surface area (Å²) >= 11 is 2.28. The fourth-order valence-corrected chi connectivity index (χ4v) is 4.10. The quantitative estimate of drug-likeness (QED) is 0.256. The number of aliphatic imine (C=N–C) groups is 1. The second-order valence-electron chi connectivity index (χ2n) is 7.98. The van der Waals surface area contributed by atoms with Gasteiger partial charge in [-0.15, -0.1) is 0 Å². The maximum atomic E-state index is 12.6. The number of amides is 1. The maximum Gasteiger partial charge on any atom is 0.253 e. The first-order valence-corrected chi connectivity index (χ1v) is 12.2. The number of rotatable bonds is 7. The van der Waals surface area contributed by atoms with E-state index in [1.807, 2.05) is 77.8 Å². The normalized spacial score (nSPS) is 13.8. The third kappa shape index (κ3) is 6.35. The molecule has 5 nitrogen and oxygen atoms in total. The first-order valence-electron chi connectivity index (χ1n) is 11.1. The molecular weight excluding hydrogens is 527 g/mol. The average molecular weight is 554 g/mol. The van der Waals surface area contributed by atoms with Gasteiger partial charge in [0.15, 0.2) is 11.5 Å². The van der Waals surface area contributed by atoms with Gasteiger partial charge in [0.2, 0.25) is 0 Å². The standard InChI is InChI=1S/C27H27IN2O3/c1-32-26-17-21(18-29-24-12-10-23(28)11-13-24)7-14-25(26)33-19-20-5-8-22(9-6-20)27(31)30-15-3-2-4-16-30/h5-14,17-18H,2-4,15-16,19H2,1H3. The van der Waals surface area contributed by atoms with Crippen LogP contribution in [0.25, 0.3) is 0 Å². The minimum absolute atomic E-state index is 0.117. The number of likely N-dealkylation sites (tertiary alicyclic amines) is 1. The largest absolute Gasteiger partial charge is 0.493 e. The van der Waals surface area contributed by atoms with E-state index in [0.717, 1.165) is 48.3 Å². The molecule has 1 aliphatic rings. The van der Waals surface area contributed by atoms with Crippen LogP contribution in [0.2, 0.25) is 0 Å². The molecule has 0 unspecified atom stereocenters. The second kappa shape index (κ2) is 11.3. The molecule has 0 bridgehead atoms. The fraction of sp³-hybridized carbons (Fsp3) is 0.259. The van der Waals surface area contributed by atoms with Gasteiger partial charge in [0.05, 0.1) is 12.8 Å². The van der Waals surface area contributed by atoms with Crippen molar-refractivity contribution >= 4 is 40.4 Å². The van der Waals surface area contributed by atoms with Crippen LogP contribution in [-0.4, -0.2) is 37.2 Å². The molecule has 1 fully saturated rings. The molecule has 170 valence electrons. The molecule has 4 rings (SSSR count). The lowest BCUT2D eigenvalue weighted by atomic mass is 10.1. The van der Waals surface area contributed by atoms with Crippen molar-refractivity contribution in [3.63, 3.8) is 0 Å². The van der Waals surface area contributed by atoms with Gasteiger partial charge in [-0.2, -0.15) is 0 Å². The molecule has 0 spiro atoms. The molecule has 6 heteroatoms. The van der Waals surface area contributed by atoms with Gasteiger partial charge in [-0.1, -0.05) is 12.1 Å². The Balaban J connectivity index is 1.37. The zero-order valence-corrected chi connectivity index (χ0v) is 20.8. The summed E-state index contributed by atoms with van der Waals surface area (Å²) in [7, 11) is 1.63. The van der Waals surface area contributed by atoms with Crippen LogP contribution >= 0.6 is 22.6 Å². The predicted molar refractivity (Wildman–Crippen MR) is 140 cm³/mol. The highest BCUT2D eigenvalue weighted by atomic mass is 127. The Labute approximate surface area is 208 Å². The third-order valence-corrected chi connectivity index (χ3v) is 6.33. The van der Waals surface area contributed by atoms with Gasteiger partial charge in [0.25, 0.3) is 5.91 Å². The van der Waals surface area contributed by atoms with Crippen LogP contribution < -0.4 is 9.47 Å². The molecule has 1 saturated heterocycles. The lowest BCUT2D eigenvalue weighted by Gasteiger charge is -2.26. The summed E-state index contributed by atoms with van der Waals surface area (Å²) in [4.78, 5) is 19.1. The smallest absolute Gasteiger partial charge is 0.253 e. The van der Waals surface area contributed by atoms with E-state index in [1.54, 1.807) is 7.11 Å². The van der Waals surface area contributed by atoms with E-state index in [2.05, 4.69) is 27.6 Å². The monoisotopic (exact) mass is 554 g/mol. The van der Waals surface area contributed by atoms with Crippen LogP contribution in [0.1, 0.15) is 40.7 Å². The van der Waals surface area contributed by atoms with Crippen molar-refractivity contribution in [2.45, 2.75) is 25.9 Å². The van der Waals surface area contributed by atoms with E-state index < -0.39 is 0 Å². The molecule has 0 aromatic heterocycles. The van der Waals surface area contributed by atoms with Gasteiger partial charge < -0.3 is 14.4 Å². The summed E-state index contributed by atoms with van der Waals surface area (Å²) < 4.78 is 12.7. The molecule has 1 aliphatic heterocycles. The van der Waals surface area contributed by atoms with Crippen molar-refractivity contribution in [3.8, 4) is 11.5 Å². The summed E-state index contributed by atoms with van der Waals surface area (Å²) in [6.07, 6.45) is 5.21. The number of ether oxygens (including phenoxy) is 2. The number of hydrogen-bond donors (Lipinski definition) is 0. The Hall–Kier alpha value is -2.87. The molecule has 0 radical (unpaired) electrons. The van der Waals surface area contributed by atoms with E-state index in [0.29, 0.717) is 18.1 Å². The van der Waals surface area contributed by atoms with E-state index in [1.165, 1.54) is 9.99 Å². The van der Waals surface area contributed by atoms with Gasteiger partial charge in [-0.3, -0.25) is 9.79 Å². The summed E-state index contributed by atoms with van der Waals surface area (Å²) in [5.41, 5.74) is 3.56. The van der Waals surface area contributed by atoms with Crippen molar-refractivity contribution in [1.82, 2.24) is 4.90 Å². The van der Waals surface area contributed by atoms with Gasteiger partial charge in [-0.05, 0) is 108 Å². The maximum absolute atomic E-state index is 12.6. The Bertz CT molecular complexity index is 1110. The van der Waals surface area contributed by atoms with Gasteiger partial charge in [0, 0.05) is 28.4 Å². The lowest BCUT2D eigenvalue weighted by Crippen LogP contribution is -2.35. The highest BCUT2D eigenvalue weighted by Crippen LogP contribution is 2.29. The van der Waals surface area contributed by atoms with Gasteiger partial charge in [-0.25, -0.2) is 0 Å². The molecule has 0 atom stereocenters. The molecule has 1 heterocycles.